The lowest BCUT2D eigenvalue weighted by Gasteiger charge is -2.44. The van der Waals surface area contributed by atoms with Crippen LogP contribution in [0.2, 0.25) is 0 Å². The summed E-state index contributed by atoms with van der Waals surface area (Å²) in [7, 11) is 2.23. The Kier molecular flexibility index (Phi) is 26.5. The number of allylic oxidation sites excluding steroid dienone is 3. The molecule has 1 unspecified atom stereocenters. The third-order valence-electron chi connectivity index (χ3n) is 3.32. The summed E-state index contributed by atoms with van der Waals surface area (Å²) in [6.07, 6.45) is 2.78. The third kappa shape index (κ3) is 29.2. The van der Waals surface area contributed by atoms with Crippen molar-refractivity contribution in [1.29, 1.82) is 0 Å². The Morgan fingerprint density at radius 3 is 1.29 bits per heavy atom. The molecular weight excluding hydrogens is 296 g/mol. The molecule has 1 atom stereocenters. The Morgan fingerprint density at radius 1 is 0.875 bits per heavy atom. The Morgan fingerprint density at radius 2 is 1.12 bits per heavy atom. The van der Waals surface area contributed by atoms with Gasteiger partial charge in [-0.2, -0.15) is 0 Å². The zero-order valence-electron chi connectivity index (χ0n) is 18.5. The van der Waals surface area contributed by atoms with E-state index >= 15 is 0 Å². The maximum Gasteiger partial charge on any atom is 0.0175 e. The molecule has 1 aliphatic rings. The highest BCUT2D eigenvalue weighted by Gasteiger charge is 2.32. The quantitative estimate of drug-likeness (QED) is 0.530. The molecule has 0 aromatic heterocycles. The van der Waals surface area contributed by atoms with E-state index < -0.39 is 0 Å². The van der Waals surface area contributed by atoms with Crippen molar-refractivity contribution < 1.29 is 5.48 Å². The zero-order chi connectivity index (χ0) is 18.5. The SMILES string of the molecule is C=C(C)C.C=C(C)C.C=C(C)C.CC1CCCN(C)C1(C)C.N.O. The zero-order valence-corrected chi connectivity index (χ0v) is 18.5. The van der Waals surface area contributed by atoms with E-state index in [4.69, 9.17) is 0 Å². The van der Waals surface area contributed by atoms with E-state index in [1.54, 1.807) is 0 Å². The Bertz CT molecular complexity index is 280. The molecule has 3 nitrogen and oxygen atoms in total. The molecule has 0 amide bonds. The Hall–Kier alpha value is -0.900. The molecule has 1 saturated heterocycles. The molecule has 0 aliphatic carbocycles. The van der Waals surface area contributed by atoms with Gasteiger partial charge in [-0.25, -0.2) is 0 Å². The minimum Gasteiger partial charge on any atom is -0.412 e. The minimum absolute atomic E-state index is 0. The average Bonchev–Trinajstić information content (AvgIpc) is 2.24. The number of hydrogen-bond acceptors (Lipinski definition) is 2. The lowest BCUT2D eigenvalue weighted by molar-refractivity contribution is 0.0547. The van der Waals surface area contributed by atoms with Crippen LogP contribution in [-0.2, 0) is 0 Å². The maximum atomic E-state index is 3.56. The van der Waals surface area contributed by atoms with Crippen molar-refractivity contribution in [2.24, 2.45) is 5.92 Å². The predicted molar refractivity (Wildman–Crippen MR) is 115 cm³/mol. The fourth-order valence-electron chi connectivity index (χ4n) is 1.65. The summed E-state index contributed by atoms with van der Waals surface area (Å²) in [5.41, 5.74) is 3.93. The third-order valence-corrected chi connectivity index (χ3v) is 3.32. The van der Waals surface area contributed by atoms with Crippen molar-refractivity contribution in [3.8, 4) is 0 Å². The molecule has 1 heterocycles. The van der Waals surface area contributed by atoms with Gasteiger partial charge >= 0.3 is 0 Å². The summed E-state index contributed by atoms with van der Waals surface area (Å²) >= 11 is 0. The first kappa shape index (κ1) is 34.4. The average molecular weight is 345 g/mol. The van der Waals surface area contributed by atoms with Crippen LogP contribution in [0.25, 0.3) is 0 Å². The Balaban J connectivity index is -0.0000000737. The monoisotopic (exact) mass is 344 g/mol. The molecule has 1 rings (SSSR count). The molecule has 1 aliphatic heterocycles. The van der Waals surface area contributed by atoms with Crippen molar-refractivity contribution >= 4 is 0 Å². The molecule has 0 bridgehead atoms. The molecule has 1 fully saturated rings. The summed E-state index contributed by atoms with van der Waals surface area (Å²) in [5, 5.41) is 0. The fraction of sp³-hybridized carbons (Fsp3) is 0.714. The van der Waals surface area contributed by atoms with Crippen LogP contribution in [0, 0.1) is 5.92 Å². The molecule has 0 aromatic carbocycles. The lowest BCUT2D eigenvalue weighted by atomic mass is 9.81. The van der Waals surface area contributed by atoms with Crippen molar-refractivity contribution in [2.45, 2.75) is 80.7 Å². The summed E-state index contributed by atoms with van der Waals surface area (Å²) in [6.45, 7) is 30.8. The second-order valence-corrected chi connectivity index (χ2v) is 7.74. The molecule has 24 heavy (non-hydrogen) atoms. The van der Waals surface area contributed by atoms with Gasteiger partial charge in [-0.15, -0.1) is 19.7 Å². The van der Waals surface area contributed by atoms with Gasteiger partial charge in [0.1, 0.15) is 0 Å². The van der Waals surface area contributed by atoms with E-state index in [-0.39, 0.29) is 11.6 Å². The van der Waals surface area contributed by atoms with Gasteiger partial charge < -0.3 is 16.5 Å². The largest absolute Gasteiger partial charge is 0.412 e. The van der Waals surface area contributed by atoms with Crippen molar-refractivity contribution in [2.75, 3.05) is 13.6 Å². The standard InChI is InChI=1S/C9H19N.3C4H8.H3N.H2O/c1-8-6-5-7-10(4)9(8,2)3;3*1-4(2)3;;/h8H,5-7H2,1-4H3;3*1H2,2-3H3;1H3;1H2. The summed E-state index contributed by atoms with van der Waals surface area (Å²) < 4.78 is 0. The highest BCUT2D eigenvalue weighted by molar-refractivity contribution is 4.88. The molecule has 0 spiro atoms. The van der Waals surface area contributed by atoms with Crippen LogP contribution in [0.3, 0.4) is 0 Å². The molecule has 0 radical (unpaired) electrons. The van der Waals surface area contributed by atoms with Crippen molar-refractivity contribution in [3.63, 3.8) is 0 Å². The highest BCUT2D eigenvalue weighted by atomic mass is 16.0. The predicted octanol–water partition coefficient (Wildman–Crippen LogP) is 6.21. The second kappa shape index (κ2) is 18.4. The lowest BCUT2D eigenvalue weighted by Crippen LogP contribution is -2.49. The van der Waals surface area contributed by atoms with E-state index in [1.165, 1.54) is 36.1 Å². The van der Waals surface area contributed by atoms with Crippen LogP contribution in [0.1, 0.15) is 75.2 Å². The molecule has 5 N–H and O–H groups in total. The molecule has 0 saturated carbocycles. The van der Waals surface area contributed by atoms with Crippen LogP contribution in [0.5, 0.6) is 0 Å². The van der Waals surface area contributed by atoms with Gasteiger partial charge in [0.2, 0.25) is 0 Å². The van der Waals surface area contributed by atoms with Crippen molar-refractivity contribution in [3.05, 3.63) is 36.5 Å². The highest BCUT2D eigenvalue weighted by Crippen LogP contribution is 2.30. The van der Waals surface area contributed by atoms with Crippen LogP contribution >= 0.6 is 0 Å². The Labute approximate surface area is 153 Å². The van der Waals surface area contributed by atoms with Crippen LogP contribution in [0.15, 0.2) is 36.5 Å². The van der Waals surface area contributed by atoms with E-state index in [0.29, 0.717) is 5.54 Å². The molecule has 148 valence electrons. The number of nitrogens with zero attached hydrogens (tertiary/aromatic N) is 1. The van der Waals surface area contributed by atoms with Gasteiger partial charge in [0.05, 0.1) is 0 Å². The van der Waals surface area contributed by atoms with Crippen LogP contribution < -0.4 is 6.15 Å². The maximum absolute atomic E-state index is 3.56. The number of piperidine rings is 1. The number of rotatable bonds is 0. The van der Waals surface area contributed by atoms with Gasteiger partial charge in [0, 0.05) is 5.54 Å². The first-order valence-corrected chi connectivity index (χ1v) is 8.32. The molecule has 3 heteroatoms. The van der Waals surface area contributed by atoms with E-state index in [1.807, 2.05) is 41.5 Å². The van der Waals surface area contributed by atoms with E-state index in [2.05, 4.69) is 52.5 Å². The van der Waals surface area contributed by atoms with Gasteiger partial charge in [0.25, 0.3) is 0 Å². The molecular formula is C21H48N2O. The summed E-state index contributed by atoms with van der Waals surface area (Å²) in [4.78, 5) is 2.47. The smallest absolute Gasteiger partial charge is 0.0175 e. The van der Waals surface area contributed by atoms with Crippen LogP contribution in [-0.4, -0.2) is 29.5 Å². The van der Waals surface area contributed by atoms with Gasteiger partial charge in [0.15, 0.2) is 0 Å². The van der Waals surface area contributed by atoms with Gasteiger partial charge in [-0.05, 0) is 87.7 Å². The van der Waals surface area contributed by atoms with Crippen molar-refractivity contribution in [1.82, 2.24) is 11.1 Å². The fourth-order valence-corrected chi connectivity index (χ4v) is 1.65. The van der Waals surface area contributed by atoms with E-state index in [0.717, 1.165) is 5.92 Å². The first-order valence-electron chi connectivity index (χ1n) is 8.32. The first-order chi connectivity index (χ1) is 9.74. The minimum atomic E-state index is 0. The second-order valence-electron chi connectivity index (χ2n) is 7.74. The van der Waals surface area contributed by atoms with E-state index in [9.17, 15) is 0 Å². The summed E-state index contributed by atoms with van der Waals surface area (Å²) in [5.74, 6) is 0.853. The normalized spacial score (nSPS) is 17.5. The topological polar surface area (TPSA) is 69.7 Å². The number of likely N-dealkylation sites (tertiary alicyclic amines) is 1. The van der Waals surface area contributed by atoms with Crippen LogP contribution in [0.4, 0.5) is 0 Å². The number of hydrogen-bond donors (Lipinski definition) is 1. The molecule has 0 aromatic rings. The van der Waals surface area contributed by atoms with Gasteiger partial charge in [-0.1, -0.05) is 23.6 Å². The van der Waals surface area contributed by atoms with Gasteiger partial charge in [-0.3, -0.25) is 0 Å². The summed E-state index contributed by atoms with van der Waals surface area (Å²) in [6, 6.07) is 0.